The molecule has 3 fully saturated rings. The van der Waals surface area contributed by atoms with E-state index in [0.717, 1.165) is 16.3 Å². The molecule has 7 heteroatoms. The molecule has 0 bridgehead atoms. The van der Waals surface area contributed by atoms with Gasteiger partial charge in [0.15, 0.2) is 0 Å². The van der Waals surface area contributed by atoms with Crippen LogP contribution in [0, 0.1) is 5.92 Å². The van der Waals surface area contributed by atoms with E-state index in [0.29, 0.717) is 6.42 Å². The molecule has 0 radical (unpaired) electrons. The standard InChI is InChI=1S/C22H23N3O4/c1-22(2)12-18(26)24-13-17(20(27)23-9-10-29-21(23)28)19(25(22)24)16-8-7-14-5-3-4-6-15(14)11-16/h3-8,11,17,19H,9-10,12-13H2,1-2H3/t17-,19+/m1/s1. The summed E-state index contributed by atoms with van der Waals surface area (Å²) in [6.07, 6.45) is -0.191. The molecule has 7 nitrogen and oxygen atoms in total. The van der Waals surface area contributed by atoms with E-state index in [1.54, 1.807) is 5.01 Å². The number of ether oxygens (including phenoxy) is 1. The van der Waals surface area contributed by atoms with Crippen molar-refractivity contribution >= 4 is 28.7 Å². The summed E-state index contributed by atoms with van der Waals surface area (Å²) in [5, 5.41) is 5.94. The van der Waals surface area contributed by atoms with Crippen LogP contribution < -0.4 is 0 Å². The zero-order chi connectivity index (χ0) is 20.3. The van der Waals surface area contributed by atoms with Gasteiger partial charge in [-0.25, -0.2) is 14.7 Å². The SMILES string of the molecule is CC1(C)CC(=O)N2C[C@@H](C(=O)N3CCOC3=O)[C@H](c3ccc4ccccc4c3)N21. The van der Waals surface area contributed by atoms with E-state index in [4.69, 9.17) is 4.74 Å². The number of nitrogens with zero attached hydrogens (tertiary/aromatic N) is 3. The highest BCUT2D eigenvalue weighted by atomic mass is 16.6. The Labute approximate surface area is 168 Å². The number of benzene rings is 2. The van der Waals surface area contributed by atoms with E-state index < -0.39 is 17.6 Å². The number of rotatable bonds is 2. The molecule has 2 atom stereocenters. The molecule has 29 heavy (non-hydrogen) atoms. The Morgan fingerprint density at radius 2 is 1.86 bits per heavy atom. The van der Waals surface area contributed by atoms with Crippen LogP contribution in [0.25, 0.3) is 10.8 Å². The van der Waals surface area contributed by atoms with Gasteiger partial charge < -0.3 is 4.74 Å². The van der Waals surface area contributed by atoms with Crippen LogP contribution in [-0.4, -0.2) is 58.1 Å². The Morgan fingerprint density at radius 1 is 1.10 bits per heavy atom. The molecule has 3 aliphatic heterocycles. The van der Waals surface area contributed by atoms with Gasteiger partial charge in [0.2, 0.25) is 11.8 Å². The predicted molar refractivity (Wildman–Crippen MR) is 105 cm³/mol. The second kappa shape index (κ2) is 6.29. The third-order valence-corrected chi connectivity index (χ3v) is 6.23. The Kier molecular flexibility index (Phi) is 3.93. The van der Waals surface area contributed by atoms with Gasteiger partial charge in [-0.15, -0.1) is 0 Å². The van der Waals surface area contributed by atoms with Crippen LogP contribution in [0.15, 0.2) is 42.5 Å². The fraction of sp³-hybridized carbons (Fsp3) is 0.409. The second-order valence-corrected chi connectivity index (χ2v) is 8.57. The summed E-state index contributed by atoms with van der Waals surface area (Å²) in [7, 11) is 0. The molecule has 2 aromatic rings. The van der Waals surface area contributed by atoms with E-state index in [2.05, 4.69) is 6.07 Å². The van der Waals surface area contributed by atoms with Crippen LogP contribution in [0.4, 0.5) is 4.79 Å². The van der Waals surface area contributed by atoms with E-state index in [1.165, 1.54) is 4.90 Å². The van der Waals surface area contributed by atoms with Gasteiger partial charge in [0.1, 0.15) is 6.61 Å². The minimum absolute atomic E-state index is 0.0140. The van der Waals surface area contributed by atoms with Gasteiger partial charge in [0.05, 0.1) is 25.0 Å². The lowest BCUT2D eigenvalue weighted by Gasteiger charge is -2.37. The highest BCUT2D eigenvalue weighted by Crippen LogP contribution is 2.48. The fourth-order valence-corrected chi connectivity index (χ4v) is 4.93. The summed E-state index contributed by atoms with van der Waals surface area (Å²) >= 11 is 0. The Hall–Kier alpha value is -2.93. The first kappa shape index (κ1) is 18.1. The van der Waals surface area contributed by atoms with E-state index in [9.17, 15) is 14.4 Å². The molecule has 0 spiro atoms. The van der Waals surface area contributed by atoms with Crippen molar-refractivity contribution in [3.05, 3.63) is 48.0 Å². The summed E-state index contributed by atoms with van der Waals surface area (Å²) in [4.78, 5) is 39.2. The summed E-state index contributed by atoms with van der Waals surface area (Å²) in [6.45, 7) is 4.81. The molecule has 0 unspecified atom stereocenters. The summed E-state index contributed by atoms with van der Waals surface area (Å²) in [6, 6.07) is 13.9. The number of hydrogen-bond donors (Lipinski definition) is 0. The molecule has 0 N–H and O–H groups in total. The summed E-state index contributed by atoms with van der Waals surface area (Å²) in [5.74, 6) is -0.783. The van der Waals surface area contributed by atoms with Crippen LogP contribution >= 0.6 is 0 Å². The monoisotopic (exact) mass is 393 g/mol. The van der Waals surface area contributed by atoms with Gasteiger partial charge in [0.25, 0.3) is 0 Å². The van der Waals surface area contributed by atoms with Gasteiger partial charge in [0, 0.05) is 12.0 Å². The predicted octanol–water partition coefficient (Wildman–Crippen LogP) is 2.72. The molecule has 150 valence electrons. The number of cyclic esters (lactones) is 1. The number of hydrazine groups is 1. The molecule has 3 heterocycles. The van der Waals surface area contributed by atoms with E-state index in [1.807, 2.05) is 55.3 Å². The average molecular weight is 393 g/mol. The molecular formula is C22H23N3O4. The van der Waals surface area contributed by atoms with Crippen LogP contribution in [-0.2, 0) is 14.3 Å². The van der Waals surface area contributed by atoms with Crippen LogP contribution in [0.2, 0.25) is 0 Å². The summed E-state index contributed by atoms with van der Waals surface area (Å²) < 4.78 is 4.97. The first-order valence-corrected chi connectivity index (χ1v) is 9.93. The molecule has 0 saturated carbocycles. The third kappa shape index (κ3) is 2.72. The largest absolute Gasteiger partial charge is 0.447 e. The number of hydrogen-bond acceptors (Lipinski definition) is 5. The molecule has 5 rings (SSSR count). The molecule has 3 saturated heterocycles. The summed E-state index contributed by atoms with van der Waals surface area (Å²) in [5.41, 5.74) is 0.563. The number of imide groups is 1. The molecule has 0 aliphatic carbocycles. The number of fused-ring (bicyclic) bond motifs is 2. The topological polar surface area (TPSA) is 70.2 Å². The first-order valence-electron chi connectivity index (χ1n) is 9.93. The van der Waals surface area contributed by atoms with Crippen LogP contribution in [0.3, 0.4) is 0 Å². The van der Waals surface area contributed by atoms with Crippen molar-refractivity contribution in [1.29, 1.82) is 0 Å². The minimum Gasteiger partial charge on any atom is -0.447 e. The molecule has 2 aromatic carbocycles. The van der Waals surface area contributed by atoms with E-state index >= 15 is 0 Å². The van der Waals surface area contributed by atoms with Gasteiger partial charge in [-0.05, 0) is 36.2 Å². The van der Waals surface area contributed by atoms with Crippen molar-refractivity contribution in [3.63, 3.8) is 0 Å². The zero-order valence-corrected chi connectivity index (χ0v) is 16.5. The highest BCUT2D eigenvalue weighted by molar-refractivity contribution is 5.95. The minimum atomic E-state index is -0.597. The van der Waals surface area contributed by atoms with Crippen molar-refractivity contribution < 1.29 is 19.1 Å². The quantitative estimate of drug-likeness (QED) is 0.785. The van der Waals surface area contributed by atoms with Gasteiger partial charge in [-0.1, -0.05) is 36.4 Å². The molecule has 3 amide bonds. The lowest BCUT2D eigenvalue weighted by Crippen LogP contribution is -2.45. The maximum absolute atomic E-state index is 13.3. The molecular weight excluding hydrogens is 370 g/mol. The second-order valence-electron chi connectivity index (χ2n) is 8.57. The number of carbonyl (C=O) groups excluding carboxylic acids is 3. The van der Waals surface area contributed by atoms with Crippen molar-refractivity contribution in [3.8, 4) is 0 Å². The molecule has 0 aromatic heterocycles. The van der Waals surface area contributed by atoms with Crippen molar-refractivity contribution in [1.82, 2.24) is 14.9 Å². The van der Waals surface area contributed by atoms with Crippen molar-refractivity contribution in [2.24, 2.45) is 5.92 Å². The lowest BCUT2D eigenvalue weighted by molar-refractivity contribution is -0.137. The Bertz CT molecular complexity index is 1030. The first-order chi connectivity index (χ1) is 13.9. The van der Waals surface area contributed by atoms with Crippen molar-refractivity contribution in [2.75, 3.05) is 19.7 Å². The fourth-order valence-electron chi connectivity index (χ4n) is 4.93. The van der Waals surface area contributed by atoms with Crippen molar-refractivity contribution in [2.45, 2.75) is 31.8 Å². The third-order valence-electron chi connectivity index (χ3n) is 6.23. The van der Waals surface area contributed by atoms with Gasteiger partial charge >= 0.3 is 6.09 Å². The lowest BCUT2D eigenvalue weighted by atomic mass is 9.88. The highest BCUT2D eigenvalue weighted by Gasteiger charge is 2.57. The smallest absolute Gasteiger partial charge is 0.416 e. The average Bonchev–Trinajstić information content (AvgIpc) is 3.36. The molecule has 3 aliphatic rings. The number of amides is 3. The number of carbonyl (C=O) groups is 3. The van der Waals surface area contributed by atoms with Gasteiger partial charge in [-0.2, -0.15) is 0 Å². The Balaban J connectivity index is 1.60. The van der Waals surface area contributed by atoms with E-state index in [-0.39, 0.29) is 37.6 Å². The van der Waals surface area contributed by atoms with Crippen LogP contribution in [0.5, 0.6) is 0 Å². The Morgan fingerprint density at radius 3 is 2.59 bits per heavy atom. The van der Waals surface area contributed by atoms with Gasteiger partial charge in [-0.3, -0.25) is 14.6 Å². The maximum Gasteiger partial charge on any atom is 0.416 e. The van der Waals surface area contributed by atoms with Crippen LogP contribution in [0.1, 0.15) is 31.9 Å². The maximum atomic E-state index is 13.3. The normalized spacial score (nSPS) is 26.3. The zero-order valence-electron chi connectivity index (χ0n) is 16.5.